The second kappa shape index (κ2) is 10.9. The van der Waals surface area contributed by atoms with Crippen molar-refractivity contribution in [3.63, 3.8) is 0 Å². The van der Waals surface area contributed by atoms with Gasteiger partial charge in [-0.1, -0.05) is 43.7 Å². The predicted octanol–water partition coefficient (Wildman–Crippen LogP) is 3.19. The molecule has 148 valence electrons. The molecule has 6 nitrogen and oxygen atoms in total. The van der Waals surface area contributed by atoms with Crippen LogP contribution in [0.25, 0.3) is 0 Å². The maximum absolute atomic E-state index is 12.1. The number of amides is 1. The van der Waals surface area contributed by atoms with E-state index in [2.05, 4.69) is 12.2 Å². The number of ketones is 1. The maximum Gasteiger partial charge on any atom is 0.325 e. The monoisotopic (exact) mass is 383 g/mol. The second-order valence-corrected chi connectivity index (χ2v) is 6.30. The highest BCUT2D eigenvalue weighted by Gasteiger charge is 2.12. The van der Waals surface area contributed by atoms with Gasteiger partial charge in [-0.25, -0.2) is 0 Å². The highest BCUT2D eigenvalue weighted by atomic mass is 16.5. The Bertz CT molecular complexity index is 814. The summed E-state index contributed by atoms with van der Waals surface area (Å²) < 4.78 is 10.0. The van der Waals surface area contributed by atoms with Crippen molar-refractivity contribution in [1.29, 1.82) is 0 Å². The van der Waals surface area contributed by atoms with E-state index in [0.717, 1.165) is 19.3 Å². The fourth-order valence-corrected chi connectivity index (χ4v) is 2.54. The fraction of sp³-hybridized carbons (Fsp3) is 0.318. The quantitative estimate of drug-likeness (QED) is 0.503. The van der Waals surface area contributed by atoms with Crippen LogP contribution >= 0.6 is 0 Å². The first-order valence-electron chi connectivity index (χ1n) is 9.23. The molecule has 0 heterocycles. The van der Waals surface area contributed by atoms with Gasteiger partial charge in [-0.05, 0) is 36.6 Å². The minimum Gasteiger partial charge on any atom is -0.497 e. The number of unbranched alkanes of at least 4 members (excludes halogenated alkanes) is 1. The van der Waals surface area contributed by atoms with Crippen molar-refractivity contribution in [1.82, 2.24) is 5.32 Å². The molecule has 0 unspecified atom stereocenters. The molecule has 0 radical (unpaired) electrons. The van der Waals surface area contributed by atoms with Crippen molar-refractivity contribution < 1.29 is 23.9 Å². The van der Waals surface area contributed by atoms with Gasteiger partial charge in [-0.15, -0.1) is 0 Å². The molecular formula is C22H25NO5. The minimum atomic E-state index is -0.677. The Hall–Kier alpha value is -3.15. The third kappa shape index (κ3) is 6.54. The average Bonchev–Trinajstić information content (AvgIpc) is 2.74. The summed E-state index contributed by atoms with van der Waals surface area (Å²) in [4.78, 5) is 36.0. The van der Waals surface area contributed by atoms with Crippen molar-refractivity contribution in [2.24, 2.45) is 0 Å². The normalized spacial score (nSPS) is 10.2. The van der Waals surface area contributed by atoms with Crippen molar-refractivity contribution in [2.45, 2.75) is 26.2 Å². The number of carbonyl (C=O) groups is 3. The number of carbonyl (C=O) groups excluding carboxylic acids is 3. The molecule has 0 aliphatic heterocycles. The number of benzene rings is 2. The van der Waals surface area contributed by atoms with E-state index in [1.807, 2.05) is 12.1 Å². The summed E-state index contributed by atoms with van der Waals surface area (Å²) in [7, 11) is 1.50. The van der Waals surface area contributed by atoms with Gasteiger partial charge in [-0.2, -0.15) is 0 Å². The molecule has 0 spiro atoms. The number of nitrogens with one attached hydrogen (secondary N) is 1. The third-order valence-electron chi connectivity index (χ3n) is 4.18. The van der Waals surface area contributed by atoms with Gasteiger partial charge in [0, 0.05) is 11.1 Å². The van der Waals surface area contributed by atoms with Crippen LogP contribution in [0.3, 0.4) is 0 Å². The van der Waals surface area contributed by atoms with E-state index in [-0.39, 0.29) is 18.9 Å². The van der Waals surface area contributed by atoms with Crippen LogP contribution in [0.15, 0.2) is 48.5 Å². The Morgan fingerprint density at radius 1 is 1.00 bits per heavy atom. The van der Waals surface area contributed by atoms with Gasteiger partial charge in [0.05, 0.1) is 7.11 Å². The molecule has 2 rings (SSSR count). The van der Waals surface area contributed by atoms with E-state index in [9.17, 15) is 14.4 Å². The number of aryl methyl sites for hydroxylation is 1. The Labute approximate surface area is 164 Å². The zero-order valence-corrected chi connectivity index (χ0v) is 16.2. The highest BCUT2D eigenvalue weighted by molar-refractivity contribution is 5.99. The van der Waals surface area contributed by atoms with Crippen molar-refractivity contribution in [2.75, 3.05) is 20.3 Å². The molecule has 1 N–H and O–H groups in total. The largest absolute Gasteiger partial charge is 0.497 e. The van der Waals surface area contributed by atoms with E-state index in [4.69, 9.17) is 9.47 Å². The Kier molecular flexibility index (Phi) is 8.21. The topological polar surface area (TPSA) is 81.7 Å². The van der Waals surface area contributed by atoms with Gasteiger partial charge in [0.2, 0.25) is 0 Å². The number of methoxy groups -OCH3 is 1. The number of rotatable bonds is 10. The maximum atomic E-state index is 12.1. The van der Waals surface area contributed by atoms with E-state index < -0.39 is 11.9 Å². The first kappa shape index (κ1) is 21.2. The number of ether oxygens (including phenoxy) is 2. The summed E-state index contributed by atoms with van der Waals surface area (Å²) in [5.74, 6) is -0.843. The molecule has 0 aliphatic rings. The third-order valence-corrected chi connectivity index (χ3v) is 4.18. The van der Waals surface area contributed by atoms with Gasteiger partial charge in [0.15, 0.2) is 12.4 Å². The van der Waals surface area contributed by atoms with E-state index >= 15 is 0 Å². The Morgan fingerprint density at radius 3 is 2.43 bits per heavy atom. The van der Waals surface area contributed by atoms with Gasteiger partial charge in [0.25, 0.3) is 5.91 Å². The van der Waals surface area contributed by atoms with Crippen LogP contribution in [0.1, 0.15) is 46.0 Å². The zero-order valence-electron chi connectivity index (χ0n) is 16.2. The summed E-state index contributed by atoms with van der Waals surface area (Å²) in [6, 6.07) is 13.9. The molecule has 2 aromatic rings. The summed E-state index contributed by atoms with van der Waals surface area (Å²) in [5.41, 5.74) is 2.04. The lowest BCUT2D eigenvalue weighted by Gasteiger charge is -2.08. The highest BCUT2D eigenvalue weighted by Crippen LogP contribution is 2.12. The summed E-state index contributed by atoms with van der Waals surface area (Å²) in [6.45, 7) is 1.45. The molecule has 0 atom stereocenters. The number of Topliss-reactive ketones (excluding diaryl/α,β-unsaturated/α-hetero) is 1. The number of hydrogen-bond acceptors (Lipinski definition) is 5. The van der Waals surface area contributed by atoms with Crippen molar-refractivity contribution in [3.05, 3.63) is 65.2 Å². The SMILES string of the molecule is CCCCc1ccc(C(=O)COC(=O)CNC(=O)c2cccc(OC)c2)cc1. The second-order valence-electron chi connectivity index (χ2n) is 6.30. The first-order valence-corrected chi connectivity index (χ1v) is 9.23. The van der Waals surface area contributed by atoms with E-state index in [1.165, 1.54) is 12.7 Å². The fourth-order valence-electron chi connectivity index (χ4n) is 2.54. The van der Waals surface area contributed by atoms with Crippen LogP contribution < -0.4 is 10.1 Å². The predicted molar refractivity (Wildman–Crippen MR) is 106 cm³/mol. The van der Waals surface area contributed by atoms with Crippen LogP contribution in [0.4, 0.5) is 0 Å². The summed E-state index contributed by atoms with van der Waals surface area (Å²) >= 11 is 0. The molecule has 1 amide bonds. The van der Waals surface area contributed by atoms with E-state index in [0.29, 0.717) is 16.9 Å². The Morgan fingerprint density at radius 2 is 1.75 bits per heavy atom. The van der Waals surface area contributed by atoms with Gasteiger partial charge in [-0.3, -0.25) is 14.4 Å². The molecule has 0 saturated heterocycles. The molecule has 0 bridgehead atoms. The number of esters is 1. The summed E-state index contributed by atoms with van der Waals surface area (Å²) in [6.07, 6.45) is 3.20. The first-order chi connectivity index (χ1) is 13.5. The lowest BCUT2D eigenvalue weighted by atomic mass is 10.0. The molecule has 0 saturated carbocycles. The molecule has 2 aromatic carbocycles. The van der Waals surface area contributed by atoms with Crippen LogP contribution in [-0.2, 0) is 16.0 Å². The summed E-state index contributed by atoms with van der Waals surface area (Å²) in [5, 5.41) is 2.46. The van der Waals surface area contributed by atoms with Gasteiger partial charge >= 0.3 is 5.97 Å². The van der Waals surface area contributed by atoms with Crippen molar-refractivity contribution >= 4 is 17.7 Å². The van der Waals surface area contributed by atoms with Gasteiger partial charge in [0.1, 0.15) is 12.3 Å². The van der Waals surface area contributed by atoms with Crippen LogP contribution in [0, 0.1) is 0 Å². The smallest absolute Gasteiger partial charge is 0.325 e. The van der Waals surface area contributed by atoms with E-state index in [1.54, 1.807) is 36.4 Å². The lowest BCUT2D eigenvalue weighted by Crippen LogP contribution is -2.31. The Balaban J connectivity index is 1.76. The minimum absolute atomic E-state index is 0.283. The standard InChI is InChI=1S/C22H25NO5/c1-3-4-6-16-9-11-17(12-10-16)20(24)15-28-21(25)14-23-22(26)18-7-5-8-19(13-18)27-2/h5,7-13H,3-4,6,14-15H2,1-2H3,(H,23,26). The van der Waals surface area contributed by atoms with Crippen LogP contribution in [0.2, 0.25) is 0 Å². The molecule has 6 heteroatoms. The van der Waals surface area contributed by atoms with Crippen LogP contribution in [0.5, 0.6) is 5.75 Å². The molecule has 28 heavy (non-hydrogen) atoms. The molecule has 0 aromatic heterocycles. The molecule has 0 aliphatic carbocycles. The molecule has 0 fully saturated rings. The van der Waals surface area contributed by atoms with Gasteiger partial charge < -0.3 is 14.8 Å². The lowest BCUT2D eigenvalue weighted by molar-refractivity contribution is -0.141. The van der Waals surface area contributed by atoms with Crippen molar-refractivity contribution in [3.8, 4) is 5.75 Å². The number of hydrogen-bond donors (Lipinski definition) is 1. The average molecular weight is 383 g/mol. The zero-order chi connectivity index (χ0) is 20.4. The van der Waals surface area contributed by atoms with Crippen LogP contribution in [-0.4, -0.2) is 37.9 Å². The molecular weight excluding hydrogens is 358 g/mol.